The van der Waals surface area contributed by atoms with Crippen LogP contribution in [0.25, 0.3) is 21.6 Å². The number of aliphatic hydroxyl groups excluding tert-OH is 1. The molecule has 2 aliphatic heterocycles. The maximum Gasteiger partial charge on any atom is 0.417 e. The van der Waals surface area contributed by atoms with Crippen molar-refractivity contribution in [1.29, 1.82) is 5.26 Å². The number of halogens is 3. The summed E-state index contributed by atoms with van der Waals surface area (Å²) in [5.41, 5.74) is 3.23. The fraction of sp³-hybridized carbons (Fsp3) is 0.377. The molecule has 3 N–H and O–H groups in total. The number of anilines is 2. The van der Waals surface area contributed by atoms with Gasteiger partial charge in [0.05, 0.1) is 51.7 Å². The molecule has 378 valence electrons. The number of hydrogen-bond donors (Lipinski definition) is 3. The third kappa shape index (κ3) is 12.0. The zero-order valence-electron chi connectivity index (χ0n) is 40.7. The molecule has 1 aromatic heterocycles. The van der Waals surface area contributed by atoms with Crippen LogP contribution in [0.5, 0.6) is 5.75 Å². The Morgan fingerprint density at radius 3 is 2.19 bits per heavy atom. The van der Waals surface area contributed by atoms with Gasteiger partial charge < -0.3 is 35.0 Å². The number of alkyl halides is 3. The van der Waals surface area contributed by atoms with Crippen LogP contribution in [0.15, 0.2) is 96.5 Å². The maximum atomic E-state index is 14.0. The summed E-state index contributed by atoms with van der Waals surface area (Å²) >= 11 is 7.23. The molecule has 19 heteroatoms. The van der Waals surface area contributed by atoms with E-state index in [0.29, 0.717) is 17.9 Å². The molecular formula is C53H56F3N7O7S2. The van der Waals surface area contributed by atoms with Crippen LogP contribution in [0, 0.1) is 23.7 Å². The molecule has 0 spiro atoms. The number of carbonyl (C=O) groups excluding carboxylic acids is 4. The number of nitrogens with zero attached hydrogens (tertiary/aromatic N) is 5. The number of nitrogens with one attached hydrogen (secondary N) is 2. The van der Waals surface area contributed by atoms with Gasteiger partial charge >= 0.3 is 6.18 Å². The van der Waals surface area contributed by atoms with Gasteiger partial charge in [-0.3, -0.25) is 24.1 Å². The van der Waals surface area contributed by atoms with Gasteiger partial charge in [0, 0.05) is 38.2 Å². The molecule has 0 bridgehead atoms. The molecule has 2 saturated heterocycles. The molecule has 1 unspecified atom stereocenters. The Morgan fingerprint density at radius 1 is 0.944 bits per heavy atom. The predicted octanol–water partition coefficient (Wildman–Crippen LogP) is 8.58. The van der Waals surface area contributed by atoms with Crippen LogP contribution >= 0.6 is 23.6 Å². The number of carbonyl (C=O) groups is 4. The molecule has 2 fully saturated rings. The molecule has 4 amide bonds. The van der Waals surface area contributed by atoms with Crippen LogP contribution in [0.1, 0.15) is 76.3 Å². The summed E-state index contributed by atoms with van der Waals surface area (Å²) in [5.74, 6) is -1.07. The number of likely N-dealkylation sites (tertiary alicyclic amines) is 1. The second kappa shape index (κ2) is 22.0. The van der Waals surface area contributed by atoms with Crippen LogP contribution < -0.4 is 25.2 Å². The molecule has 14 nitrogen and oxygen atoms in total. The number of hydrogen-bond acceptors (Lipinski definition) is 11. The van der Waals surface area contributed by atoms with Crippen molar-refractivity contribution in [3.05, 3.63) is 119 Å². The third-order valence-electron chi connectivity index (χ3n) is 12.6. The fourth-order valence-electron chi connectivity index (χ4n) is 8.67. The quantitative estimate of drug-likeness (QED) is 0.0601. The summed E-state index contributed by atoms with van der Waals surface area (Å²) in [6.07, 6.45) is -5.12. The average Bonchev–Trinajstić information content (AvgIpc) is 4.01. The Labute approximate surface area is 425 Å². The second-order valence-corrected chi connectivity index (χ2v) is 20.5. The highest BCUT2D eigenvalue weighted by atomic mass is 32.1. The second-order valence-electron chi connectivity index (χ2n) is 19.2. The molecule has 3 atom stereocenters. The summed E-state index contributed by atoms with van der Waals surface area (Å²) in [4.78, 5) is 63.7. The van der Waals surface area contributed by atoms with Gasteiger partial charge in [-0.25, -0.2) is 4.98 Å². The molecule has 2 aliphatic rings. The molecule has 0 saturated carbocycles. The Balaban J connectivity index is 0.841. The van der Waals surface area contributed by atoms with Gasteiger partial charge in [0.25, 0.3) is 5.91 Å². The van der Waals surface area contributed by atoms with Gasteiger partial charge in [0.2, 0.25) is 17.7 Å². The number of nitriles is 1. The SMILES string of the molecule is Cc1ncsc1-c1ccc(CNC(=O)[C@@H]2C[C@@H](O)CN2C(=O)C(NC(=O)CCCOCCOc2ccc(-c3ccc(N4C(=S)N(c5ccc(C#N)c(C(F)(F)F)c5)C(=O)C4(C)C)cc3)cc2)C(C)(C)C)cc1. The van der Waals surface area contributed by atoms with E-state index < -0.39 is 58.3 Å². The van der Waals surface area contributed by atoms with Crippen molar-refractivity contribution in [3.8, 4) is 33.4 Å². The van der Waals surface area contributed by atoms with Gasteiger partial charge in [0.15, 0.2) is 5.11 Å². The summed E-state index contributed by atoms with van der Waals surface area (Å²) in [7, 11) is 0. The van der Waals surface area contributed by atoms with E-state index in [4.69, 9.17) is 21.7 Å². The minimum Gasteiger partial charge on any atom is -0.491 e. The van der Waals surface area contributed by atoms with E-state index >= 15 is 0 Å². The molecule has 4 aromatic carbocycles. The zero-order valence-corrected chi connectivity index (χ0v) is 42.3. The number of amides is 4. The van der Waals surface area contributed by atoms with E-state index in [1.165, 1.54) is 11.0 Å². The van der Waals surface area contributed by atoms with Gasteiger partial charge in [-0.1, -0.05) is 69.3 Å². The largest absolute Gasteiger partial charge is 0.491 e. The molecule has 3 heterocycles. The van der Waals surface area contributed by atoms with E-state index in [9.17, 15) is 42.7 Å². The molecular weight excluding hydrogens is 968 g/mol. The number of thiocarbonyl (C=S) groups is 1. The van der Waals surface area contributed by atoms with E-state index in [1.54, 1.807) is 53.8 Å². The Hall–Kier alpha value is -6.72. The van der Waals surface area contributed by atoms with Crippen molar-refractivity contribution < 1.29 is 46.9 Å². The standard InChI is InChI=1S/C53H56F3N7O7S2/c1-32-45(72-31-59-32)36-11-9-33(10-12-36)29-58-47(66)43-27-40(64)30-61(43)48(67)46(51(2,3)4)60-44(65)8-7-23-69-24-25-70-41-21-16-35(17-22-41)34-13-18-38(19-14-34)63-50(71)62(49(68)52(63,5)6)39-20-15-37(28-57)42(26-39)53(54,55)56/h9-22,26,31,40,43,46,64H,7-8,23-25,27,29-30H2,1-6H3,(H,58,66)(H,60,65)/t40-,43+,46?/m1/s1. The summed E-state index contributed by atoms with van der Waals surface area (Å²) in [6.45, 7) is 11.7. The number of aliphatic hydroxyl groups is 1. The summed E-state index contributed by atoms with van der Waals surface area (Å²) in [6, 6.07) is 25.2. The van der Waals surface area contributed by atoms with Crippen molar-refractivity contribution in [3.63, 3.8) is 0 Å². The number of aromatic nitrogens is 1. The molecule has 0 radical (unpaired) electrons. The van der Waals surface area contributed by atoms with Crippen LogP contribution in [0.2, 0.25) is 0 Å². The van der Waals surface area contributed by atoms with Crippen molar-refractivity contribution in [2.45, 2.75) is 97.3 Å². The van der Waals surface area contributed by atoms with Crippen LogP contribution in [0.4, 0.5) is 24.5 Å². The van der Waals surface area contributed by atoms with Crippen LogP contribution in [0.3, 0.4) is 0 Å². The normalized spacial score (nSPS) is 17.2. The van der Waals surface area contributed by atoms with Gasteiger partial charge in [-0.05, 0) is 110 Å². The monoisotopic (exact) mass is 1020 g/mol. The van der Waals surface area contributed by atoms with Gasteiger partial charge in [0.1, 0.15) is 30.0 Å². The lowest BCUT2D eigenvalue weighted by Crippen LogP contribution is -2.57. The number of benzene rings is 4. The topological polar surface area (TPSA) is 177 Å². The number of rotatable bonds is 17. The average molecular weight is 1020 g/mol. The van der Waals surface area contributed by atoms with E-state index in [-0.39, 0.29) is 68.4 Å². The smallest absolute Gasteiger partial charge is 0.417 e. The fourth-order valence-corrected chi connectivity index (χ4v) is 10.0. The van der Waals surface area contributed by atoms with Gasteiger partial charge in [-0.15, -0.1) is 11.3 Å². The Bertz CT molecular complexity index is 2840. The molecule has 5 aromatic rings. The van der Waals surface area contributed by atoms with Crippen molar-refractivity contribution in [2.75, 3.05) is 36.2 Å². The lowest BCUT2D eigenvalue weighted by molar-refractivity contribution is -0.144. The van der Waals surface area contributed by atoms with Gasteiger partial charge in [-0.2, -0.15) is 18.4 Å². The minimum atomic E-state index is -4.81. The zero-order chi connectivity index (χ0) is 52.1. The summed E-state index contributed by atoms with van der Waals surface area (Å²) in [5, 5.41) is 25.6. The van der Waals surface area contributed by atoms with Crippen molar-refractivity contribution in [1.82, 2.24) is 20.5 Å². The first-order valence-electron chi connectivity index (χ1n) is 23.3. The lowest BCUT2D eigenvalue weighted by Gasteiger charge is -2.35. The maximum absolute atomic E-state index is 14.0. The first kappa shape index (κ1) is 53.1. The highest BCUT2D eigenvalue weighted by Crippen LogP contribution is 2.40. The van der Waals surface area contributed by atoms with Crippen LogP contribution in [-0.2, 0) is 36.6 Å². The number of ether oxygens (including phenoxy) is 2. The third-order valence-corrected chi connectivity index (χ3v) is 13.9. The number of β-amino-alcohol motifs (C(OH)–C–C–N with tert-alkyl or cyclic N) is 1. The highest BCUT2D eigenvalue weighted by Gasteiger charge is 2.51. The molecule has 72 heavy (non-hydrogen) atoms. The van der Waals surface area contributed by atoms with E-state index in [0.717, 1.165) is 49.9 Å². The Morgan fingerprint density at radius 2 is 1.58 bits per heavy atom. The number of aryl methyl sites for hydroxylation is 1. The molecule has 0 aliphatic carbocycles. The van der Waals surface area contributed by atoms with E-state index in [1.807, 2.05) is 88.4 Å². The van der Waals surface area contributed by atoms with Crippen molar-refractivity contribution >= 4 is 63.7 Å². The predicted molar refractivity (Wildman–Crippen MR) is 272 cm³/mol. The highest BCUT2D eigenvalue weighted by molar-refractivity contribution is 7.81. The first-order valence-corrected chi connectivity index (χ1v) is 24.6. The molecule has 7 rings (SSSR count). The summed E-state index contributed by atoms with van der Waals surface area (Å²) < 4.78 is 52.9. The number of thiazole rings is 1. The van der Waals surface area contributed by atoms with E-state index in [2.05, 4.69) is 15.6 Å². The lowest BCUT2D eigenvalue weighted by atomic mass is 9.85. The Kier molecular flexibility index (Phi) is 16.2. The first-order chi connectivity index (χ1) is 34.1. The van der Waals surface area contributed by atoms with Crippen molar-refractivity contribution in [2.24, 2.45) is 5.41 Å². The van der Waals surface area contributed by atoms with Crippen LogP contribution in [-0.4, -0.2) is 93.8 Å². The minimum absolute atomic E-state index is 0.000566.